The van der Waals surface area contributed by atoms with Crippen molar-refractivity contribution in [1.82, 2.24) is 0 Å². The van der Waals surface area contributed by atoms with Crippen molar-refractivity contribution in [3.63, 3.8) is 0 Å². The molecule has 0 unspecified atom stereocenters. The Morgan fingerprint density at radius 1 is 1.33 bits per heavy atom. The summed E-state index contributed by atoms with van der Waals surface area (Å²) in [6, 6.07) is 9.94. The van der Waals surface area contributed by atoms with Crippen LogP contribution in [0.4, 0.5) is 0 Å². The molecule has 0 fully saturated rings. The molecule has 3 heteroatoms. The third-order valence-corrected chi connectivity index (χ3v) is 1.75. The first-order chi connectivity index (χ1) is 7.29. The van der Waals surface area contributed by atoms with Gasteiger partial charge in [-0.25, -0.2) is 4.79 Å². The number of carboxylic acid groups (broad SMARTS) is 1. The summed E-state index contributed by atoms with van der Waals surface area (Å²) >= 11 is 0. The molecule has 1 rings (SSSR count). The minimum absolute atomic E-state index is 0.166. The lowest BCUT2D eigenvalue weighted by Crippen LogP contribution is -1.99. The van der Waals surface area contributed by atoms with E-state index in [-0.39, 0.29) is 6.61 Å². The van der Waals surface area contributed by atoms with Crippen LogP contribution in [0.3, 0.4) is 0 Å². The minimum atomic E-state index is -1.12. The van der Waals surface area contributed by atoms with Gasteiger partial charge in [0.2, 0.25) is 0 Å². The molecule has 0 amide bonds. The number of carbonyl (C=O) groups is 1. The predicted octanol–water partition coefficient (Wildman–Crippen LogP) is 1.33. The lowest BCUT2D eigenvalue weighted by atomic mass is 10.2. The van der Waals surface area contributed by atoms with Crippen molar-refractivity contribution in [2.45, 2.75) is 6.42 Å². The average molecular weight is 204 g/mol. The van der Waals surface area contributed by atoms with Gasteiger partial charge < -0.3 is 9.84 Å². The fraction of sp³-hybridized carbons (Fsp3) is 0.250. The molecule has 0 saturated heterocycles. The maximum atomic E-state index is 10.0. The van der Waals surface area contributed by atoms with Gasteiger partial charge >= 0.3 is 5.97 Å². The Hall–Kier alpha value is -1.79. The second kappa shape index (κ2) is 6.63. The summed E-state index contributed by atoms with van der Waals surface area (Å²) in [5, 5.41) is 8.22. The Kier molecular flexibility index (Phi) is 4.99. The van der Waals surface area contributed by atoms with E-state index in [2.05, 4.69) is 5.92 Å². The second-order valence-corrected chi connectivity index (χ2v) is 2.90. The van der Waals surface area contributed by atoms with E-state index in [1.165, 1.54) is 5.56 Å². The molecule has 1 N–H and O–H groups in total. The molecule has 0 aliphatic carbocycles. The second-order valence-electron chi connectivity index (χ2n) is 2.90. The van der Waals surface area contributed by atoms with Gasteiger partial charge in [0.25, 0.3) is 0 Å². The molecule has 0 spiro atoms. The Labute approximate surface area is 88.7 Å². The monoisotopic (exact) mass is 204 g/mol. The van der Waals surface area contributed by atoms with Gasteiger partial charge in [0.05, 0.1) is 6.61 Å². The summed E-state index contributed by atoms with van der Waals surface area (Å²) < 4.78 is 5.15. The third-order valence-electron chi connectivity index (χ3n) is 1.75. The van der Waals surface area contributed by atoms with E-state index in [0.717, 1.165) is 6.42 Å². The van der Waals surface area contributed by atoms with Gasteiger partial charge in [-0.2, -0.15) is 0 Å². The van der Waals surface area contributed by atoms with E-state index in [4.69, 9.17) is 9.84 Å². The molecule has 3 nitrogen and oxygen atoms in total. The van der Waals surface area contributed by atoms with Crippen LogP contribution in [0, 0.1) is 11.8 Å². The van der Waals surface area contributed by atoms with Crippen molar-refractivity contribution < 1.29 is 14.6 Å². The van der Waals surface area contributed by atoms with Gasteiger partial charge in [0, 0.05) is 5.92 Å². The van der Waals surface area contributed by atoms with E-state index in [1.54, 1.807) is 0 Å². The number of ether oxygens (including phenoxy) is 1. The first-order valence-corrected chi connectivity index (χ1v) is 4.62. The quantitative estimate of drug-likeness (QED) is 0.594. The number of hydrogen-bond acceptors (Lipinski definition) is 2. The van der Waals surface area contributed by atoms with Gasteiger partial charge in [-0.05, 0) is 12.0 Å². The molecule has 0 saturated carbocycles. The Balaban J connectivity index is 2.13. The standard InChI is InChI=1S/C12H12O3/c13-12(14)7-4-9-15-10-8-11-5-2-1-3-6-11/h1-3,5-6H,8-10H2,(H,13,14). The molecule has 78 valence electrons. The zero-order valence-corrected chi connectivity index (χ0v) is 8.27. The normalized spacial score (nSPS) is 9.07. The summed E-state index contributed by atoms with van der Waals surface area (Å²) in [7, 11) is 0. The van der Waals surface area contributed by atoms with Crippen LogP contribution in [0.25, 0.3) is 0 Å². The van der Waals surface area contributed by atoms with Crippen LogP contribution in [0.5, 0.6) is 0 Å². The summed E-state index contributed by atoms with van der Waals surface area (Å²) in [5.41, 5.74) is 1.20. The summed E-state index contributed by atoms with van der Waals surface area (Å²) in [4.78, 5) is 10.0. The average Bonchev–Trinajstić information content (AvgIpc) is 2.24. The molecule has 1 aromatic carbocycles. The van der Waals surface area contributed by atoms with E-state index in [0.29, 0.717) is 6.61 Å². The largest absolute Gasteiger partial charge is 0.472 e. The molecule has 0 aliphatic rings. The van der Waals surface area contributed by atoms with Crippen molar-refractivity contribution in [3.05, 3.63) is 35.9 Å². The van der Waals surface area contributed by atoms with Crippen LogP contribution in [0.1, 0.15) is 5.56 Å². The fourth-order valence-electron chi connectivity index (χ4n) is 1.07. The highest BCUT2D eigenvalue weighted by Crippen LogP contribution is 1.98. The van der Waals surface area contributed by atoms with Gasteiger partial charge in [0.1, 0.15) is 6.61 Å². The van der Waals surface area contributed by atoms with E-state index in [9.17, 15) is 4.79 Å². The maximum absolute atomic E-state index is 10.0. The number of aliphatic carboxylic acids is 1. The molecule has 0 aromatic heterocycles. The number of carboxylic acids is 1. The number of hydrogen-bond donors (Lipinski definition) is 1. The first-order valence-electron chi connectivity index (χ1n) is 4.62. The van der Waals surface area contributed by atoms with E-state index >= 15 is 0 Å². The Bertz CT molecular complexity index is 359. The van der Waals surface area contributed by atoms with Crippen LogP contribution < -0.4 is 0 Å². The summed E-state index contributed by atoms with van der Waals surface area (Å²) in [5.74, 6) is 3.26. The van der Waals surface area contributed by atoms with Crippen molar-refractivity contribution >= 4 is 5.97 Å². The highest BCUT2D eigenvalue weighted by Gasteiger charge is 1.90. The van der Waals surface area contributed by atoms with Crippen LogP contribution >= 0.6 is 0 Å². The van der Waals surface area contributed by atoms with Crippen molar-refractivity contribution in [2.75, 3.05) is 13.2 Å². The van der Waals surface area contributed by atoms with Crippen molar-refractivity contribution in [3.8, 4) is 11.8 Å². The zero-order chi connectivity index (χ0) is 10.9. The zero-order valence-electron chi connectivity index (χ0n) is 8.27. The van der Waals surface area contributed by atoms with Gasteiger partial charge in [0.15, 0.2) is 0 Å². The maximum Gasteiger partial charge on any atom is 0.381 e. The number of benzene rings is 1. The van der Waals surface area contributed by atoms with E-state index < -0.39 is 5.97 Å². The fourth-order valence-corrected chi connectivity index (χ4v) is 1.07. The molecule has 0 aliphatic heterocycles. The third kappa shape index (κ3) is 5.50. The SMILES string of the molecule is O=C(O)C#CCOCCc1ccccc1. The van der Waals surface area contributed by atoms with Gasteiger partial charge in [-0.15, -0.1) is 0 Å². The molecular weight excluding hydrogens is 192 g/mol. The molecule has 15 heavy (non-hydrogen) atoms. The predicted molar refractivity (Wildman–Crippen MR) is 56.4 cm³/mol. The molecular formula is C12H12O3. The van der Waals surface area contributed by atoms with Crippen LogP contribution in [-0.4, -0.2) is 24.3 Å². The van der Waals surface area contributed by atoms with Crippen molar-refractivity contribution in [1.29, 1.82) is 0 Å². The van der Waals surface area contributed by atoms with Gasteiger partial charge in [-0.1, -0.05) is 36.3 Å². The summed E-state index contributed by atoms with van der Waals surface area (Å²) in [6.45, 7) is 0.720. The Morgan fingerprint density at radius 3 is 2.73 bits per heavy atom. The van der Waals surface area contributed by atoms with Crippen LogP contribution in [-0.2, 0) is 16.0 Å². The molecule has 0 radical (unpaired) electrons. The first kappa shape index (κ1) is 11.3. The van der Waals surface area contributed by atoms with E-state index in [1.807, 2.05) is 36.3 Å². The highest BCUT2D eigenvalue weighted by molar-refractivity contribution is 5.86. The molecule has 0 heterocycles. The van der Waals surface area contributed by atoms with Crippen LogP contribution in [0.15, 0.2) is 30.3 Å². The topological polar surface area (TPSA) is 46.5 Å². The Morgan fingerprint density at radius 2 is 2.07 bits per heavy atom. The number of rotatable bonds is 4. The molecule has 0 atom stereocenters. The van der Waals surface area contributed by atoms with Crippen LogP contribution in [0.2, 0.25) is 0 Å². The lowest BCUT2D eigenvalue weighted by molar-refractivity contribution is -0.130. The minimum Gasteiger partial charge on any atom is -0.472 e. The smallest absolute Gasteiger partial charge is 0.381 e. The van der Waals surface area contributed by atoms with Gasteiger partial charge in [-0.3, -0.25) is 0 Å². The molecule has 0 bridgehead atoms. The summed E-state index contributed by atoms with van der Waals surface area (Å²) in [6.07, 6.45) is 0.815. The van der Waals surface area contributed by atoms with Crippen molar-refractivity contribution in [2.24, 2.45) is 0 Å². The highest BCUT2D eigenvalue weighted by atomic mass is 16.5. The molecule has 1 aromatic rings. The lowest BCUT2D eigenvalue weighted by Gasteiger charge is -1.99.